The molecule has 8 nitrogen and oxygen atoms in total. The third-order valence-electron chi connectivity index (χ3n) is 6.02. The molecule has 0 bridgehead atoms. The smallest absolute Gasteiger partial charge is 0.320 e. The molecule has 0 aliphatic carbocycles. The lowest BCUT2D eigenvalue weighted by Crippen LogP contribution is -2.44. The number of amides is 2. The van der Waals surface area contributed by atoms with Crippen molar-refractivity contribution in [2.75, 3.05) is 60.2 Å². The lowest BCUT2D eigenvalue weighted by atomic mass is 9.89. The third-order valence-corrected chi connectivity index (χ3v) is 6.02. The van der Waals surface area contributed by atoms with Gasteiger partial charge in [0, 0.05) is 39.6 Å². The summed E-state index contributed by atoms with van der Waals surface area (Å²) in [5.74, 6) is 0.415. The number of carbonyl (C=O) groups is 2. The highest BCUT2D eigenvalue weighted by atomic mass is 19.1. The normalized spacial score (nSPS) is 27.0. The topological polar surface area (TPSA) is 82.6 Å². The van der Waals surface area contributed by atoms with Crippen molar-refractivity contribution in [3.63, 3.8) is 0 Å². The highest BCUT2D eigenvalue weighted by Gasteiger charge is 2.50. The van der Waals surface area contributed by atoms with Crippen LogP contribution in [-0.4, -0.2) is 98.5 Å². The zero-order chi connectivity index (χ0) is 21.7. The summed E-state index contributed by atoms with van der Waals surface area (Å²) < 4.78 is 25.3. The molecule has 3 saturated heterocycles. The SMILES string of the molecule is CN(C)C(=O)N1C[C@H]2CN(C3COCCOC3)C[C@H]2[C@H]1c1cccc(F)c1.O=CO. The molecule has 2 amide bonds. The largest absolute Gasteiger partial charge is 0.483 e. The fourth-order valence-electron chi connectivity index (χ4n) is 4.76. The highest BCUT2D eigenvalue weighted by Crippen LogP contribution is 2.45. The summed E-state index contributed by atoms with van der Waals surface area (Å²) in [4.78, 5) is 27.1. The molecule has 3 atom stereocenters. The molecule has 0 unspecified atom stereocenters. The molecule has 3 fully saturated rings. The van der Waals surface area contributed by atoms with E-state index in [0.717, 1.165) is 18.7 Å². The average Bonchev–Trinajstić information content (AvgIpc) is 3.14. The minimum absolute atomic E-state index is 0.00801. The van der Waals surface area contributed by atoms with E-state index in [1.54, 1.807) is 31.1 Å². The van der Waals surface area contributed by atoms with E-state index >= 15 is 0 Å². The van der Waals surface area contributed by atoms with Crippen LogP contribution in [0.25, 0.3) is 0 Å². The van der Waals surface area contributed by atoms with Crippen LogP contribution in [0.4, 0.5) is 9.18 Å². The van der Waals surface area contributed by atoms with Crippen molar-refractivity contribution in [1.29, 1.82) is 0 Å². The minimum atomic E-state index is -0.256. The van der Waals surface area contributed by atoms with E-state index in [9.17, 15) is 9.18 Å². The fourth-order valence-corrected chi connectivity index (χ4v) is 4.76. The van der Waals surface area contributed by atoms with Crippen LogP contribution < -0.4 is 0 Å². The quantitative estimate of drug-likeness (QED) is 0.727. The summed E-state index contributed by atoms with van der Waals surface area (Å²) in [7, 11) is 3.54. The zero-order valence-corrected chi connectivity index (χ0v) is 17.4. The van der Waals surface area contributed by atoms with Crippen LogP contribution >= 0.6 is 0 Å². The van der Waals surface area contributed by atoms with Gasteiger partial charge >= 0.3 is 6.03 Å². The molecule has 3 aliphatic rings. The molecule has 4 rings (SSSR count). The van der Waals surface area contributed by atoms with Gasteiger partial charge in [-0.2, -0.15) is 0 Å². The number of benzene rings is 1. The number of ether oxygens (including phenoxy) is 2. The molecule has 166 valence electrons. The van der Waals surface area contributed by atoms with E-state index in [1.165, 1.54) is 6.07 Å². The van der Waals surface area contributed by atoms with Crippen LogP contribution in [0.1, 0.15) is 11.6 Å². The summed E-state index contributed by atoms with van der Waals surface area (Å²) in [6.45, 7) is 4.91. The van der Waals surface area contributed by atoms with Crippen LogP contribution in [0.5, 0.6) is 0 Å². The van der Waals surface area contributed by atoms with Crippen LogP contribution in [0.3, 0.4) is 0 Å². The number of nitrogens with zero attached hydrogens (tertiary/aromatic N) is 3. The Morgan fingerprint density at radius 1 is 1.20 bits per heavy atom. The number of hydrogen-bond acceptors (Lipinski definition) is 5. The molecule has 3 aliphatic heterocycles. The van der Waals surface area contributed by atoms with E-state index in [2.05, 4.69) is 4.90 Å². The Balaban J connectivity index is 0.000000806. The van der Waals surface area contributed by atoms with Crippen molar-refractivity contribution in [2.24, 2.45) is 11.8 Å². The molecule has 0 saturated carbocycles. The summed E-state index contributed by atoms with van der Waals surface area (Å²) >= 11 is 0. The summed E-state index contributed by atoms with van der Waals surface area (Å²) in [6.07, 6.45) is 0. The first-order valence-electron chi connectivity index (χ1n) is 10.2. The van der Waals surface area contributed by atoms with Gasteiger partial charge in [0.25, 0.3) is 6.47 Å². The maximum absolute atomic E-state index is 13.9. The maximum Gasteiger partial charge on any atom is 0.320 e. The van der Waals surface area contributed by atoms with Gasteiger partial charge in [0.1, 0.15) is 5.82 Å². The second kappa shape index (κ2) is 10.2. The second-order valence-corrected chi connectivity index (χ2v) is 8.12. The van der Waals surface area contributed by atoms with Crippen molar-refractivity contribution >= 4 is 12.5 Å². The fraction of sp³-hybridized carbons (Fsp3) is 0.619. The van der Waals surface area contributed by atoms with Crippen molar-refractivity contribution in [2.45, 2.75) is 12.1 Å². The number of urea groups is 1. The Morgan fingerprint density at radius 2 is 1.87 bits per heavy atom. The number of fused-ring (bicyclic) bond motifs is 1. The van der Waals surface area contributed by atoms with Gasteiger partial charge < -0.3 is 24.4 Å². The number of rotatable bonds is 2. The predicted molar refractivity (Wildman–Crippen MR) is 108 cm³/mol. The third kappa shape index (κ3) is 4.91. The van der Waals surface area contributed by atoms with E-state index in [4.69, 9.17) is 19.4 Å². The predicted octanol–water partition coefficient (Wildman–Crippen LogP) is 1.53. The second-order valence-electron chi connectivity index (χ2n) is 8.12. The molecule has 0 spiro atoms. The van der Waals surface area contributed by atoms with Gasteiger partial charge in [0.05, 0.1) is 38.5 Å². The van der Waals surface area contributed by atoms with Crippen LogP contribution in [0, 0.1) is 17.7 Å². The molecule has 1 aromatic rings. The van der Waals surface area contributed by atoms with Crippen molar-refractivity contribution < 1.29 is 28.6 Å². The minimum Gasteiger partial charge on any atom is -0.483 e. The number of carbonyl (C=O) groups excluding carboxylic acids is 1. The molecule has 3 heterocycles. The van der Waals surface area contributed by atoms with Crippen LogP contribution in [-0.2, 0) is 14.3 Å². The van der Waals surface area contributed by atoms with Crippen molar-refractivity contribution in [3.8, 4) is 0 Å². The Labute approximate surface area is 176 Å². The summed E-state index contributed by atoms with van der Waals surface area (Å²) in [5.41, 5.74) is 0.882. The van der Waals surface area contributed by atoms with E-state index in [1.807, 2.05) is 11.0 Å². The standard InChI is InChI=1S/C20H28FN3O3.CH2O2/c1-22(2)20(25)24-10-15-9-23(17-12-26-6-7-27-13-17)11-18(15)19(24)14-4-3-5-16(21)8-14;2-1-3/h3-5,8,15,17-19H,6-7,9-13H2,1-2H3;1H,(H,2,3)/t15-,18-,19-;/m1./s1. The van der Waals surface area contributed by atoms with Gasteiger partial charge in [0.2, 0.25) is 0 Å². The maximum atomic E-state index is 13.9. The average molecular weight is 423 g/mol. The Hall–Kier alpha value is -2.23. The van der Waals surface area contributed by atoms with Gasteiger partial charge in [-0.3, -0.25) is 9.69 Å². The van der Waals surface area contributed by atoms with Crippen molar-refractivity contribution in [1.82, 2.24) is 14.7 Å². The van der Waals surface area contributed by atoms with Gasteiger partial charge in [-0.1, -0.05) is 12.1 Å². The van der Waals surface area contributed by atoms with Gasteiger partial charge in [-0.15, -0.1) is 0 Å². The van der Waals surface area contributed by atoms with Crippen LogP contribution in [0.2, 0.25) is 0 Å². The zero-order valence-electron chi connectivity index (χ0n) is 17.4. The molecule has 0 aromatic heterocycles. The molecule has 9 heteroatoms. The molecular formula is C21H30FN3O5. The lowest BCUT2D eigenvalue weighted by molar-refractivity contribution is -0.122. The first-order chi connectivity index (χ1) is 14.5. The molecular weight excluding hydrogens is 393 g/mol. The lowest BCUT2D eigenvalue weighted by Gasteiger charge is -2.33. The molecule has 1 aromatic carbocycles. The highest BCUT2D eigenvalue weighted by molar-refractivity contribution is 5.75. The summed E-state index contributed by atoms with van der Waals surface area (Å²) in [6, 6.07) is 6.84. The number of likely N-dealkylation sites (tertiary alicyclic amines) is 2. The Bertz CT molecular complexity index is 726. The Kier molecular flexibility index (Phi) is 7.63. The van der Waals surface area contributed by atoms with Crippen molar-refractivity contribution in [3.05, 3.63) is 35.6 Å². The molecule has 0 radical (unpaired) electrons. The van der Waals surface area contributed by atoms with E-state index in [-0.39, 0.29) is 30.4 Å². The number of hydrogen-bond donors (Lipinski definition) is 1. The first kappa shape index (κ1) is 22.5. The first-order valence-corrected chi connectivity index (χ1v) is 10.2. The Morgan fingerprint density at radius 3 is 2.47 bits per heavy atom. The monoisotopic (exact) mass is 423 g/mol. The number of carboxylic acid groups (broad SMARTS) is 1. The summed E-state index contributed by atoms with van der Waals surface area (Å²) in [5, 5.41) is 6.89. The van der Waals surface area contributed by atoms with Gasteiger partial charge in [-0.05, 0) is 23.6 Å². The van der Waals surface area contributed by atoms with Gasteiger partial charge in [-0.25, -0.2) is 9.18 Å². The molecule has 30 heavy (non-hydrogen) atoms. The van der Waals surface area contributed by atoms with Crippen LogP contribution in [0.15, 0.2) is 24.3 Å². The molecule has 1 N–H and O–H groups in total. The van der Waals surface area contributed by atoms with Gasteiger partial charge in [0.15, 0.2) is 0 Å². The number of halogens is 1. The van der Waals surface area contributed by atoms with E-state index < -0.39 is 0 Å². The van der Waals surface area contributed by atoms with E-state index in [0.29, 0.717) is 44.8 Å².